The molecule has 7 heteroatoms. The fourth-order valence-corrected chi connectivity index (χ4v) is 4.14. The van der Waals surface area contributed by atoms with Crippen molar-refractivity contribution in [1.82, 2.24) is 14.0 Å². The van der Waals surface area contributed by atoms with Gasteiger partial charge in [0.2, 0.25) is 0 Å². The van der Waals surface area contributed by atoms with Gasteiger partial charge in [0.05, 0.1) is 17.7 Å². The van der Waals surface area contributed by atoms with Crippen LogP contribution in [-0.2, 0) is 13.2 Å². The molecule has 0 unspecified atom stereocenters. The normalized spacial score (nSPS) is 15.0. The quantitative estimate of drug-likeness (QED) is 0.553. The number of para-hydroxylation sites is 2. The van der Waals surface area contributed by atoms with Gasteiger partial charge in [-0.05, 0) is 48.6 Å². The molecule has 0 bridgehead atoms. The molecular weight excluding hydrogens is 348 g/mol. The first-order chi connectivity index (χ1) is 11.6. The first-order valence-electron chi connectivity index (χ1n) is 7.89. The van der Waals surface area contributed by atoms with Crippen molar-refractivity contribution in [2.24, 2.45) is 0 Å². The highest BCUT2D eigenvalue weighted by Crippen LogP contribution is 2.31. The lowest BCUT2D eigenvalue weighted by Gasteiger charge is -2.22. The molecule has 0 spiro atoms. The van der Waals surface area contributed by atoms with E-state index in [1.165, 1.54) is 4.88 Å². The van der Waals surface area contributed by atoms with Crippen molar-refractivity contribution >= 4 is 34.6 Å². The molecule has 0 radical (unpaired) electrons. The molecule has 2 heterocycles. The molecule has 0 atom stereocenters. The van der Waals surface area contributed by atoms with Crippen LogP contribution in [0.5, 0.6) is 0 Å². The number of fused-ring (bicyclic) bond motifs is 1. The van der Waals surface area contributed by atoms with Gasteiger partial charge in [-0.3, -0.25) is 9.47 Å². The van der Waals surface area contributed by atoms with E-state index in [2.05, 4.69) is 16.3 Å². The van der Waals surface area contributed by atoms with Gasteiger partial charge in [-0.25, -0.2) is 0 Å². The number of benzene rings is 1. The third-order valence-electron chi connectivity index (χ3n) is 4.39. The Balaban J connectivity index is 1.73. The van der Waals surface area contributed by atoms with E-state index in [1.807, 2.05) is 22.8 Å². The Morgan fingerprint density at radius 3 is 2.54 bits per heavy atom. The maximum Gasteiger partial charge on any atom is 0.321 e. The largest absolute Gasteiger partial charge is 0.321 e. The molecule has 3 aromatic rings. The van der Waals surface area contributed by atoms with E-state index >= 15 is 0 Å². The van der Waals surface area contributed by atoms with E-state index < -0.39 is 6.55 Å². The van der Waals surface area contributed by atoms with Crippen molar-refractivity contribution in [1.29, 1.82) is 0 Å². The molecule has 4 rings (SSSR count). The minimum absolute atomic E-state index is 0.183. The molecule has 2 aromatic heterocycles. The zero-order chi connectivity index (χ0) is 16.7. The minimum Gasteiger partial charge on any atom is -0.303 e. The van der Waals surface area contributed by atoms with Gasteiger partial charge >= 0.3 is 6.55 Å². The van der Waals surface area contributed by atoms with Crippen LogP contribution in [0.4, 0.5) is 8.78 Å². The Labute approximate surface area is 147 Å². The summed E-state index contributed by atoms with van der Waals surface area (Å²) in [6.45, 7) is -1.25. The molecule has 0 N–H and O–H groups in total. The SMILES string of the molecule is FC(F)n1c(=S)n(CN(Cc2cccs2)C2CC2)c2ccccc21. The molecule has 3 nitrogen and oxygen atoms in total. The number of alkyl halides is 2. The monoisotopic (exact) mass is 365 g/mol. The summed E-state index contributed by atoms with van der Waals surface area (Å²) in [6, 6.07) is 11.9. The van der Waals surface area contributed by atoms with Crippen LogP contribution in [0, 0.1) is 4.77 Å². The van der Waals surface area contributed by atoms with Crippen LogP contribution in [0.15, 0.2) is 41.8 Å². The second-order valence-corrected chi connectivity index (χ2v) is 7.44. The molecule has 126 valence electrons. The third-order valence-corrected chi connectivity index (χ3v) is 5.67. The summed E-state index contributed by atoms with van der Waals surface area (Å²) in [6.07, 6.45) is 2.32. The van der Waals surface area contributed by atoms with Gasteiger partial charge in [-0.1, -0.05) is 18.2 Å². The molecule has 1 saturated carbocycles. The van der Waals surface area contributed by atoms with Crippen LogP contribution in [0.25, 0.3) is 11.0 Å². The molecule has 24 heavy (non-hydrogen) atoms. The Morgan fingerprint density at radius 1 is 1.17 bits per heavy atom. The van der Waals surface area contributed by atoms with E-state index in [1.54, 1.807) is 23.5 Å². The zero-order valence-electron chi connectivity index (χ0n) is 12.9. The van der Waals surface area contributed by atoms with Crippen LogP contribution in [-0.4, -0.2) is 20.1 Å². The topological polar surface area (TPSA) is 13.1 Å². The van der Waals surface area contributed by atoms with Crippen molar-refractivity contribution < 1.29 is 8.78 Å². The second kappa shape index (κ2) is 6.38. The van der Waals surface area contributed by atoms with Crippen LogP contribution in [0.2, 0.25) is 0 Å². The zero-order valence-corrected chi connectivity index (χ0v) is 14.6. The number of thiophene rings is 1. The lowest BCUT2D eigenvalue weighted by atomic mass is 10.3. The predicted molar refractivity (Wildman–Crippen MR) is 94.9 cm³/mol. The van der Waals surface area contributed by atoms with Crippen LogP contribution < -0.4 is 0 Å². The van der Waals surface area contributed by atoms with Crippen molar-refractivity contribution in [3.63, 3.8) is 0 Å². The number of imidazole rings is 1. The number of hydrogen-bond acceptors (Lipinski definition) is 3. The first-order valence-corrected chi connectivity index (χ1v) is 9.18. The van der Waals surface area contributed by atoms with E-state index in [9.17, 15) is 8.78 Å². The van der Waals surface area contributed by atoms with Gasteiger partial charge in [0.25, 0.3) is 0 Å². The van der Waals surface area contributed by atoms with Gasteiger partial charge in [-0.15, -0.1) is 11.3 Å². The van der Waals surface area contributed by atoms with Crippen molar-refractivity contribution in [2.75, 3.05) is 0 Å². The fourth-order valence-electron chi connectivity index (χ4n) is 3.08. The Kier molecular flexibility index (Phi) is 4.24. The lowest BCUT2D eigenvalue weighted by molar-refractivity contribution is 0.0714. The molecule has 1 aliphatic carbocycles. The molecule has 1 aromatic carbocycles. The molecule has 0 saturated heterocycles. The smallest absolute Gasteiger partial charge is 0.303 e. The van der Waals surface area contributed by atoms with Gasteiger partial charge in [0.1, 0.15) is 0 Å². The fraction of sp³-hybridized carbons (Fsp3) is 0.353. The second-order valence-electron chi connectivity index (χ2n) is 6.05. The summed E-state index contributed by atoms with van der Waals surface area (Å²) >= 11 is 7.09. The maximum absolute atomic E-state index is 13.5. The highest BCUT2D eigenvalue weighted by molar-refractivity contribution is 7.71. The average Bonchev–Trinajstić information content (AvgIpc) is 3.21. The third kappa shape index (κ3) is 2.92. The molecule has 1 fully saturated rings. The number of nitrogens with zero attached hydrogens (tertiary/aromatic N) is 3. The highest BCUT2D eigenvalue weighted by Gasteiger charge is 2.30. The van der Waals surface area contributed by atoms with Gasteiger partial charge < -0.3 is 4.57 Å². The molecule has 0 aliphatic heterocycles. The summed E-state index contributed by atoms with van der Waals surface area (Å²) in [7, 11) is 0. The van der Waals surface area contributed by atoms with E-state index in [0.717, 1.165) is 29.5 Å². The number of halogens is 2. The summed E-state index contributed by atoms with van der Waals surface area (Å²) < 4.78 is 29.9. The van der Waals surface area contributed by atoms with Gasteiger partial charge in [-0.2, -0.15) is 8.78 Å². The number of hydrogen-bond donors (Lipinski definition) is 0. The highest BCUT2D eigenvalue weighted by atomic mass is 32.1. The first kappa shape index (κ1) is 15.9. The maximum atomic E-state index is 13.5. The molecule has 1 aliphatic rings. The predicted octanol–water partition coefficient (Wildman–Crippen LogP) is 5.25. The van der Waals surface area contributed by atoms with E-state index in [-0.39, 0.29) is 4.77 Å². The summed E-state index contributed by atoms with van der Waals surface area (Å²) in [5, 5.41) is 2.06. The molecule has 0 amide bonds. The van der Waals surface area contributed by atoms with Crippen LogP contribution in [0.3, 0.4) is 0 Å². The van der Waals surface area contributed by atoms with Crippen LogP contribution in [0.1, 0.15) is 24.3 Å². The lowest BCUT2D eigenvalue weighted by Crippen LogP contribution is -2.28. The standard InChI is InChI=1S/C17H17F2N3S2/c18-16(19)22-15-6-2-1-5-14(15)21(17(22)23)11-20(12-7-8-12)10-13-4-3-9-24-13/h1-6,9,12,16H,7-8,10-11H2. The van der Waals surface area contributed by atoms with E-state index in [4.69, 9.17) is 12.2 Å². The average molecular weight is 365 g/mol. The number of rotatable bonds is 6. The Bertz CT molecular complexity index is 894. The van der Waals surface area contributed by atoms with Gasteiger partial charge in [0, 0.05) is 17.5 Å². The Morgan fingerprint density at radius 2 is 1.92 bits per heavy atom. The van der Waals surface area contributed by atoms with Crippen molar-refractivity contribution in [2.45, 2.75) is 38.6 Å². The summed E-state index contributed by atoms with van der Waals surface area (Å²) in [5.74, 6) is 0. The number of aromatic nitrogens is 2. The van der Waals surface area contributed by atoms with Crippen molar-refractivity contribution in [3.05, 3.63) is 51.4 Å². The van der Waals surface area contributed by atoms with Gasteiger partial charge in [0.15, 0.2) is 4.77 Å². The van der Waals surface area contributed by atoms with Crippen molar-refractivity contribution in [3.8, 4) is 0 Å². The molecular formula is C17H17F2N3S2. The van der Waals surface area contributed by atoms with Crippen LogP contribution >= 0.6 is 23.6 Å². The Hall–Kier alpha value is -1.57. The minimum atomic E-state index is -2.63. The van der Waals surface area contributed by atoms with E-state index in [0.29, 0.717) is 18.2 Å². The summed E-state index contributed by atoms with van der Waals surface area (Å²) in [4.78, 5) is 3.62. The summed E-state index contributed by atoms with van der Waals surface area (Å²) in [5.41, 5.74) is 1.25.